The summed E-state index contributed by atoms with van der Waals surface area (Å²) in [5.74, 6) is -0.300. The number of carbonyl (C=O) groups excluding carboxylic acids is 1. The molecule has 4 aromatic carbocycles. The highest BCUT2D eigenvalue weighted by Gasteiger charge is 2.29. The maximum absolute atomic E-state index is 13.9. The number of carbonyl (C=O) groups is 1. The monoisotopic (exact) mass is 852 g/mol. The van der Waals surface area contributed by atoms with Crippen LogP contribution in [0.5, 0.6) is 11.5 Å². The van der Waals surface area contributed by atoms with Crippen LogP contribution in [-0.2, 0) is 21.8 Å². The van der Waals surface area contributed by atoms with Crippen LogP contribution in [0.2, 0.25) is 0 Å². The average molecular weight is 853 g/mol. The quantitative estimate of drug-likeness (QED) is 0.0745. The Morgan fingerprint density at radius 3 is 2.55 bits per heavy atom. The second kappa shape index (κ2) is 17.1. The van der Waals surface area contributed by atoms with Gasteiger partial charge in [0.15, 0.2) is 0 Å². The van der Waals surface area contributed by atoms with Crippen LogP contribution in [0, 0.1) is 16.0 Å². The van der Waals surface area contributed by atoms with Crippen molar-refractivity contribution in [3.05, 3.63) is 143 Å². The molecule has 2 aliphatic rings. The van der Waals surface area contributed by atoms with Gasteiger partial charge in [0.05, 0.1) is 33.8 Å². The molecule has 3 N–H and O–H groups in total. The van der Waals surface area contributed by atoms with E-state index in [1.165, 1.54) is 30.0 Å². The van der Waals surface area contributed by atoms with Crippen LogP contribution in [0.25, 0.3) is 33.3 Å². The second-order valence-corrected chi connectivity index (χ2v) is 17.3. The fourth-order valence-corrected chi connectivity index (χ4v) is 9.34. The number of anilines is 2. The maximum atomic E-state index is 13.9. The van der Waals surface area contributed by atoms with E-state index in [1.54, 1.807) is 24.4 Å². The fraction of sp³-hybridized carbons (Fsp3) is 0.239. The van der Waals surface area contributed by atoms with Crippen molar-refractivity contribution in [2.75, 3.05) is 36.5 Å². The Kier molecular flexibility index (Phi) is 11.2. The van der Waals surface area contributed by atoms with Crippen LogP contribution in [-0.4, -0.2) is 65.3 Å². The van der Waals surface area contributed by atoms with Gasteiger partial charge < -0.3 is 24.7 Å². The average Bonchev–Trinajstić information content (AvgIpc) is 4.07. The van der Waals surface area contributed by atoms with E-state index in [1.807, 2.05) is 42.3 Å². The first-order valence-electron chi connectivity index (χ1n) is 20.5. The molecule has 0 unspecified atom stereocenters. The van der Waals surface area contributed by atoms with Crippen LogP contribution < -0.4 is 19.7 Å². The number of ether oxygens (including phenoxy) is 2. The van der Waals surface area contributed by atoms with E-state index in [0.717, 1.165) is 71.6 Å². The number of amides is 1. The number of sulfonamides is 1. The molecular formula is C46H44N8O7S. The minimum atomic E-state index is -4.57. The van der Waals surface area contributed by atoms with Gasteiger partial charge >= 0.3 is 0 Å². The Hall–Kier alpha value is -7.04. The SMILES string of the molecule is Cn1cc(-c2ccccc2[C@H]2CCCN2c2ccc(-c3ccc(C(=O)NS(=O)(=O)c4ccc(NCC5CCOCC5)c([N+](=O)[O-])c4)c(Oc4cnc5[nH]ccc5c4)c3)cc2)cn1. The van der Waals surface area contributed by atoms with Crippen molar-refractivity contribution in [3.8, 4) is 33.8 Å². The largest absolute Gasteiger partial charge is 0.455 e. The molecule has 2 fully saturated rings. The van der Waals surface area contributed by atoms with Gasteiger partial charge in [-0.05, 0) is 102 Å². The summed E-state index contributed by atoms with van der Waals surface area (Å²) in [4.78, 5) is 34.8. The van der Waals surface area contributed by atoms with E-state index < -0.39 is 31.4 Å². The van der Waals surface area contributed by atoms with Crippen molar-refractivity contribution >= 4 is 44.0 Å². The zero-order valence-corrected chi connectivity index (χ0v) is 34.7. The van der Waals surface area contributed by atoms with Crippen molar-refractivity contribution in [2.24, 2.45) is 13.0 Å². The van der Waals surface area contributed by atoms with Crippen LogP contribution in [0.3, 0.4) is 0 Å². The van der Waals surface area contributed by atoms with Gasteiger partial charge in [-0.25, -0.2) is 18.1 Å². The van der Waals surface area contributed by atoms with E-state index in [2.05, 4.69) is 66.4 Å². The summed E-state index contributed by atoms with van der Waals surface area (Å²) in [6.07, 6.45) is 10.9. The number of nitrogens with zero attached hydrogens (tertiary/aromatic N) is 5. The number of aromatic amines is 1. The summed E-state index contributed by atoms with van der Waals surface area (Å²) in [6, 6.07) is 28.9. The van der Waals surface area contributed by atoms with E-state index >= 15 is 0 Å². The molecule has 62 heavy (non-hydrogen) atoms. The molecule has 1 atom stereocenters. The minimum Gasteiger partial charge on any atom is -0.455 e. The number of rotatable bonds is 13. The number of hydrogen-bond acceptors (Lipinski definition) is 11. The number of aromatic nitrogens is 4. The molecule has 0 aliphatic carbocycles. The Labute approximate surface area is 357 Å². The van der Waals surface area contributed by atoms with Gasteiger partial charge in [0.1, 0.15) is 22.8 Å². The normalized spacial score (nSPS) is 15.8. The van der Waals surface area contributed by atoms with E-state index in [-0.39, 0.29) is 29.0 Å². The molecule has 3 aromatic heterocycles. The number of aryl methyl sites for hydroxylation is 1. The molecular weight excluding hydrogens is 809 g/mol. The molecule has 2 aliphatic heterocycles. The third-order valence-electron chi connectivity index (χ3n) is 11.6. The van der Waals surface area contributed by atoms with Crippen LogP contribution >= 0.6 is 0 Å². The molecule has 16 heteroatoms. The molecule has 0 saturated carbocycles. The minimum absolute atomic E-state index is 0.0699. The summed E-state index contributed by atoms with van der Waals surface area (Å²) in [5, 5.41) is 20.4. The lowest BCUT2D eigenvalue weighted by Crippen LogP contribution is -2.31. The molecule has 2 saturated heterocycles. The Morgan fingerprint density at radius 1 is 0.952 bits per heavy atom. The smallest absolute Gasteiger partial charge is 0.293 e. The Bertz CT molecular complexity index is 2890. The number of benzene rings is 4. The topological polar surface area (TPSA) is 187 Å². The van der Waals surface area contributed by atoms with Crippen LogP contribution in [0.1, 0.15) is 47.6 Å². The first-order chi connectivity index (χ1) is 30.1. The van der Waals surface area contributed by atoms with Crippen LogP contribution in [0.15, 0.2) is 127 Å². The molecule has 1 amide bonds. The molecule has 9 rings (SSSR count). The maximum Gasteiger partial charge on any atom is 0.293 e. The highest BCUT2D eigenvalue weighted by Crippen LogP contribution is 2.41. The van der Waals surface area contributed by atoms with Crippen molar-refractivity contribution in [2.45, 2.75) is 36.6 Å². The predicted octanol–water partition coefficient (Wildman–Crippen LogP) is 8.63. The highest BCUT2D eigenvalue weighted by molar-refractivity contribution is 7.90. The lowest BCUT2D eigenvalue weighted by molar-refractivity contribution is -0.384. The molecule has 15 nitrogen and oxygen atoms in total. The van der Waals surface area contributed by atoms with E-state index in [0.29, 0.717) is 31.2 Å². The van der Waals surface area contributed by atoms with Gasteiger partial charge in [-0.3, -0.25) is 19.6 Å². The fourth-order valence-electron chi connectivity index (χ4n) is 8.35. The van der Waals surface area contributed by atoms with Crippen molar-refractivity contribution in [1.82, 2.24) is 24.5 Å². The first-order valence-corrected chi connectivity index (χ1v) is 22.0. The molecule has 316 valence electrons. The van der Waals surface area contributed by atoms with Crippen molar-refractivity contribution in [3.63, 3.8) is 0 Å². The third-order valence-corrected chi connectivity index (χ3v) is 12.9. The van der Waals surface area contributed by atoms with Crippen molar-refractivity contribution in [1.29, 1.82) is 0 Å². The number of nitro benzene ring substituents is 1. The lowest BCUT2D eigenvalue weighted by atomic mass is 9.95. The number of H-pyrrole nitrogens is 1. The zero-order valence-electron chi connectivity index (χ0n) is 33.9. The Balaban J connectivity index is 0.983. The lowest BCUT2D eigenvalue weighted by Gasteiger charge is -2.29. The zero-order chi connectivity index (χ0) is 42.8. The van der Waals surface area contributed by atoms with Crippen molar-refractivity contribution < 1.29 is 27.6 Å². The molecule has 5 heterocycles. The van der Waals surface area contributed by atoms with Gasteiger partial charge in [-0.1, -0.05) is 42.5 Å². The number of pyridine rings is 1. The van der Waals surface area contributed by atoms with E-state index in [4.69, 9.17) is 9.47 Å². The number of fused-ring (bicyclic) bond motifs is 1. The Morgan fingerprint density at radius 2 is 1.76 bits per heavy atom. The van der Waals surface area contributed by atoms with Gasteiger partial charge in [-0.2, -0.15) is 5.10 Å². The first kappa shape index (κ1) is 40.4. The van der Waals surface area contributed by atoms with E-state index in [9.17, 15) is 23.3 Å². The molecule has 0 radical (unpaired) electrons. The summed E-state index contributed by atoms with van der Waals surface area (Å²) < 4.78 is 43.0. The summed E-state index contributed by atoms with van der Waals surface area (Å²) in [5.41, 5.74) is 6.48. The van der Waals surface area contributed by atoms with Crippen LogP contribution in [0.4, 0.5) is 17.1 Å². The van der Waals surface area contributed by atoms with Gasteiger partial charge in [0, 0.05) is 68.4 Å². The standard InChI is InChI=1S/C46H44N8O7S/c1-52-29-34(27-50-52)38-5-2-3-6-39(38)42-7-4-20-53(42)35-11-8-31(9-12-35)32-10-14-40(44(24-32)61-36-23-33-16-19-47-45(33)49-28-36)46(55)51-62(58,59)37-13-15-41(43(25-37)54(56)57)48-26-30-17-21-60-22-18-30/h2-3,5-6,8-16,19,23-25,27-30,42,48H,4,7,17-18,20-22,26H2,1H3,(H,47,49)(H,51,55)/t42-/m1/s1. The summed E-state index contributed by atoms with van der Waals surface area (Å²) in [6.45, 7) is 2.62. The molecule has 0 spiro atoms. The predicted molar refractivity (Wildman–Crippen MR) is 236 cm³/mol. The van der Waals surface area contributed by atoms with Gasteiger partial charge in [-0.15, -0.1) is 0 Å². The number of hydrogen-bond donors (Lipinski definition) is 3. The number of nitro groups is 1. The van der Waals surface area contributed by atoms with Gasteiger partial charge in [0.25, 0.3) is 21.6 Å². The molecule has 0 bridgehead atoms. The molecule has 7 aromatic rings. The van der Waals surface area contributed by atoms with Gasteiger partial charge in [0.2, 0.25) is 0 Å². The third kappa shape index (κ3) is 8.47. The summed E-state index contributed by atoms with van der Waals surface area (Å²) in [7, 11) is -2.65. The second-order valence-electron chi connectivity index (χ2n) is 15.6. The summed E-state index contributed by atoms with van der Waals surface area (Å²) >= 11 is 0. The number of nitrogens with one attached hydrogen (secondary N) is 3. The highest BCUT2D eigenvalue weighted by atomic mass is 32.2.